The van der Waals surface area contributed by atoms with Gasteiger partial charge in [-0.2, -0.15) is 4.98 Å². The van der Waals surface area contributed by atoms with Gasteiger partial charge in [-0.3, -0.25) is 20.0 Å². The van der Waals surface area contributed by atoms with Gasteiger partial charge in [0.2, 0.25) is 5.82 Å². The highest BCUT2D eigenvalue weighted by molar-refractivity contribution is 5.97. The second kappa shape index (κ2) is 8.91. The number of nitrogens with zero attached hydrogens (tertiary/aromatic N) is 3. The first kappa shape index (κ1) is 19.9. The Bertz CT molecular complexity index is 992. The second-order valence-corrected chi connectivity index (χ2v) is 6.45. The van der Waals surface area contributed by atoms with E-state index in [9.17, 15) is 14.0 Å². The first-order valence-electron chi connectivity index (χ1n) is 8.81. The van der Waals surface area contributed by atoms with Crippen molar-refractivity contribution in [1.82, 2.24) is 25.9 Å². The molecule has 3 aromatic rings. The second-order valence-electron chi connectivity index (χ2n) is 6.45. The van der Waals surface area contributed by atoms with Crippen LogP contribution in [0.1, 0.15) is 24.2 Å². The molecule has 10 heteroatoms. The molecular formula is C19H19FN6O3. The minimum atomic E-state index is -0.919. The van der Waals surface area contributed by atoms with Gasteiger partial charge in [0.05, 0.1) is 5.56 Å². The van der Waals surface area contributed by atoms with Gasteiger partial charge >= 0.3 is 6.01 Å². The van der Waals surface area contributed by atoms with E-state index in [1.807, 2.05) is 0 Å². The Balaban J connectivity index is 1.62. The van der Waals surface area contributed by atoms with Crippen LogP contribution >= 0.6 is 0 Å². The van der Waals surface area contributed by atoms with Gasteiger partial charge in [0.1, 0.15) is 11.9 Å². The number of anilines is 1. The minimum absolute atomic E-state index is 0.0342. The first-order valence-corrected chi connectivity index (χ1v) is 8.81. The zero-order valence-electron chi connectivity index (χ0n) is 15.7. The Hall–Kier alpha value is -3.82. The molecule has 2 heterocycles. The number of hydrogen-bond acceptors (Lipinski definition) is 7. The molecule has 0 aliphatic carbocycles. The van der Waals surface area contributed by atoms with Crippen molar-refractivity contribution in [1.29, 1.82) is 0 Å². The molecule has 3 rings (SSSR count). The number of carbonyl (C=O) groups is 2. The number of nitrogens with one attached hydrogen (secondary N) is 3. The summed E-state index contributed by atoms with van der Waals surface area (Å²) in [6.45, 7) is 3.50. The van der Waals surface area contributed by atoms with Gasteiger partial charge in [-0.05, 0) is 30.2 Å². The van der Waals surface area contributed by atoms with Crippen molar-refractivity contribution in [3.05, 3.63) is 60.2 Å². The van der Waals surface area contributed by atoms with Crippen LogP contribution in [0.15, 0.2) is 53.3 Å². The van der Waals surface area contributed by atoms with Crippen molar-refractivity contribution >= 4 is 17.8 Å². The lowest BCUT2D eigenvalue weighted by molar-refractivity contribution is -0.123. The van der Waals surface area contributed by atoms with E-state index in [1.165, 1.54) is 18.2 Å². The fraction of sp³-hybridized carbons (Fsp3) is 0.211. The highest BCUT2D eigenvalue weighted by Gasteiger charge is 2.26. The molecule has 150 valence electrons. The smallest absolute Gasteiger partial charge is 0.340 e. The van der Waals surface area contributed by atoms with Gasteiger partial charge in [0.15, 0.2) is 0 Å². The van der Waals surface area contributed by atoms with Crippen LogP contribution in [-0.2, 0) is 4.79 Å². The van der Waals surface area contributed by atoms with Crippen molar-refractivity contribution in [2.75, 3.05) is 5.43 Å². The predicted molar refractivity (Wildman–Crippen MR) is 102 cm³/mol. The van der Waals surface area contributed by atoms with Gasteiger partial charge in [-0.1, -0.05) is 31.1 Å². The lowest BCUT2D eigenvalue weighted by Gasteiger charge is -2.21. The number of hydrogen-bond donors (Lipinski definition) is 3. The summed E-state index contributed by atoms with van der Waals surface area (Å²) in [5.74, 6) is -1.84. The van der Waals surface area contributed by atoms with E-state index in [-0.39, 0.29) is 17.5 Å². The fourth-order valence-corrected chi connectivity index (χ4v) is 2.48. The SMILES string of the molecule is CC(C)C(NC(=O)c1ccccc1F)C(=O)NNc1nc(-c2ccncc2)no1. The van der Waals surface area contributed by atoms with E-state index in [2.05, 4.69) is 31.3 Å². The van der Waals surface area contributed by atoms with Gasteiger partial charge < -0.3 is 9.84 Å². The molecule has 2 amide bonds. The molecule has 0 radical (unpaired) electrons. The molecule has 1 unspecified atom stereocenters. The van der Waals surface area contributed by atoms with Crippen LogP contribution < -0.4 is 16.2 Å². The summed E-state index contributed by atoms with van der Waals surface area (Å²) in [5.41, 5.74) is 5.48. The summed E-state index contributed by atoms with van der Waals surface area (Å²) in [6.07, 6.45) is 3.18. The van der Waals surface area contributed by atoms with Crippen molar-refractivity contribution in [2.45, 2.75) is 19.9 Å². The van der Waals surface area contributed by atoms with Crippen LogP contribution in [0.3, 0.4) is 0 Å². The predicted octanol–water partition coefficient (Wildman–Crippen LogP) is 2.17. The Labute approximate surface area is 165 Å². The molecule has 3 N–H and O–H groups in total. The third kappa shape index (κ3) is 4.92. The average molecular weight is 398 g/mol. The summed E-state index contributed by atoms with van der Waals surface area (Å²) in [4.78, 5) is 32.8. The normalized spacial score (nSPS) is 11.7. The number of benzene rings is 1. The number of aromatic nitrogens is 3. The molecule has 0 bridgehead atoms. The number of pyridine rings is 1. The van der Waals surface area contributed by atoms with Gasteiger partial charge in [-0.25, -0.2) is 9.82 Å². The number of halogens is 1. The summed E-state index contributed by atoms with van der Waals surface area (Å²) in [7, 11) is 0. The highest BCUT2D eigenvalue weighted by Crippen LogP contribution is 2.16. The van der Waals surface area contributed by atoms with Crippen molar-refractivity contribution in [3.63, 3.8) is 0 Å². The number of amides is 2. The molecule has 29 heavy (non-hydrogen) atoms. The topological polar surface area (TPSA) is 122 Å². The van der Waals surface area contributed by atoms with Crippen LogP contribution in [-0.4, -0.2) is 33.0 Å². The maximum Gasteiger partial charge on any atom is 0.340 e. The average Bonchev–Trinajstić information content (AvgIpc) is 3.20. The molecule has 2 aromatic heterocycles. The maximum atomic E-state index is 13.8. The van der Waals surface area contributed by atoms with E-state index in [0.29, 0.717) is 11.4 Å². The van der Waals surface area contributed by atoms with E-state index in [1.54, 1.807) is 44.4 Å². The van der Waals surface area contributed by atoms with E-state index >= 15 is 0 Å². The van der Waals surface area contributed by atoms with Crippen LogP contribution in [0.25, 0.3) is 11.4 Å². The minimum Gasteiger partial charge on any atom is -0.340 e. The van der Waals surface area contributed by atoms with Crippen molar-refractivity contribution in [3.8, 4) is 11.4 Å². The van der Waals surface area contributed by atoms with Crippen LogP contribution in [0.2, 0.25) is 0 Å². The summed E-state index contributed by atoms with van der Waals surface area (Å²) in [5, 5.41) is 6.34. The van der Waals surface area contributed by atoms with Gasteiger partial charge in [-0.15, -0.1) is 0 Å². The lowest BCUT2D eigenvalue weighted by Crippen LogP contribution is -2.51. The monoisotopic (exact) mass is 398 g/mol. The highest BCUT2D eigenvalue weighted by atomic mass is 19.1. The van der Waals surface area contributed by atoms with E-state index in [0.717, 1.165) is 0 Å². The van der Waals surface area contributed by atoms with Gasteiger partial charge in [0, 0.05) is 18.0 Å². The fourth-order valence-electron chi connectivity index (χ4n) is 2.48. The Morgan fingerprint density at radius 2 is 1.83 bits per heavy atom. The molecule has 0 fully saturated rings. The maximum absolute atomic E-state index is 13.8. The molecule has 0 saturated heterocycles. The first-order chi connectivity index (χ1) is 14.0. The molecule has 1 aromatic carbocycles. The van der Waals surface area contributed by atoms with E-state index in [4.69, 9.17) is 4.52 Å². The lowest BCUT2D eigenvalue weighted by atomic mass is 10.0. The Morgan fingerprint density at radius 3 is 2.52 bits per heavy atom. The van der Waals surface area contributed by atoms with Crippen LogP contribution in [0, 0.1) is 11.7 Å². The molecule has 0 aliphatic heterocycles. The molecule has 1 atom stereocenters. The zero-order valence-corrected chi connectivity index (χ0v) is 15.7. The molecule has 0 spiro atoms. The molecule has 0 saturated carbocycles. The van der Waals surface area contributed by atoms with Gasteiger partial charge in [0.25, 0.3) is 11.8 Å². The largest absolute Gasteiger partial charge is 0.340 e. The summed E-state index contributed by atoms with van der Waals surface area (Å²) in [6, 6.07) is 8.01. The Morgan fingerprint density at radius 1 is 1.10 bits per heavy atom. The van der Waals surface area contributed by atoms with Crippen LogP contribution in [0.5, 0.6) is 0 Å². The zero-order chi connectivity index (χ0) is 20.8. The van der Waals surface area contributed by atoms with E-state index < -0.39 is 23.7 Å². The standard InChI is InChI=1S/C19H19FN6O3/c1-11(2)15(22-17(27)13-5-3-4-6-14(13)20)18(28)24-25-19-23-16(26-29-19)12-7-9-21-10-8-12/h3-11,15H,1-2H3,(H,22,27)(H,24,28)(H,23,25,26). The summed E-state index contributed by atoms with van der Waals surface area (Å²) < 4.78 is 18.8. The van der Waals surface area contributed by atoms with Crippen molar-refractivity contribution < 1.29 is 18.5 Å². The number of hydrazine groups is 1. The number of rotatable bonds is 7. The van der Waals surface area contributed by atoms with Crippen molar-refractivity contribution in [2.24, 2.45) is 5.92 Å². The third-order valence-corrected chi connectivity index (χ3v) is 4.01. The number of carbonyl (C=O) groups excluding carboxylic acids is 2. The molecule has 0 aliphatic rings. The molecular weight excluding hydrogens is 379 g/mol. The summed E-state index contributed by atoms with van der Waals surface area (Å²) >= 11 is 0. The quantitative estimate of drug-likeness (QED) is 0.521. The molecule has 9 nitrogen and oxygen atoms in total. The third-order valence-electron chi connectivity index (χ3n) is 4.01. The van der Waals surface area contributed by atoms with Crippen LogP contribution in [0.4, 0.5) is 10.4 Å². The Kier molecular flexibility index (Phi) is 6.12.